The highest BCUT2D eigenvalue weighted by atomic mass is 35.5. The van der Waals surface area contributed by atoms with Crippen molar-refractivity contribution in [3.63, 3.8) is 0 Å². The predicted molar refractivity (Wildman–Crippen MR) is 253 cm³/mol. The van der Waals surface area contributed by atoms with Crippen LogP contribution in [0.5, 0.6) is 5.75 Å². The Morgan fingerprint density at radius 2 is 1.75 bits per heavy atom. The molecule has 2 atom stereocenters. The van der Waals surface area contributed by atoms with E-state index in [2.05, 4.69) is 31.2 Å². The highest BCUT2D eigenvalue weighted by molar-refractivity contribution is 7.13. The number of amides is 4. The maximum absolute atomic E-state index is 14.7. The number of nitrogens with zero attached hydrogens (tertiary/aromatic N) is 4. The van der Waals surface area contributed by atoms with Gasteiger partial charge in [-0.2, -0.15) is 0 Å². The summed E-state index contributed by atoms with van der Waals surface area (Å²) in [6, 6.07) is 16.8. The third-order valence-corrected chi connectivity index (χ3v) is 14.1. The molecule has 0 bridgehead atoms. The van der Waals surface area contributed by atoms with Gasteiger partial charge in [0.05, 0.1) is 32.6 Å². The fourth-order valence-electron chi connectivity index (χ4n) is 8.54. The van der Waals surface area contributed by atoms with Crippen molar-refractivity contribution in [2.45, 2.75) is 110 Å². The molecular weight excluding hydrogens is 887 g/mol. The first kappa shape index (κ1) is 47.5. The molecule has 4 heterocycles. The molecule has 1 saturated heterocycles. The van der Waals surface area contributed by atoms with Crippen LogP contribution in [0.2, 0.25) is 5.02 Å². The lowest BCUT2D eigenvalue weighted by atomic mass is 9.69. The Hall–Kier alpha value is -5.45. The van der Waals surface area contributed by atoms with Crippen molar-refractivity contribution in [3.8, 4) is 16.2 Å². The predicted octanol–water partition coefficient (Wildman–Crippen LogP) is 8.79. The monoisotopic (exact) mass is 942 g/mol. The summed E-state index contributed by atoms with van der Waals surface area (Å²) in [4.78, 5) is 71.5. The summed E-state index contributed by atoms with van der Waals surface area (Å²) in [5, 5.41) is 14.9. The zero-order valence-electron chi connectivity index (χ0n) is 37.1. The highest BCUT2D eigenvalue weighted by Crippen LogP contribution is 2.41. The summed E-state index contributed by atoms with van der Waals surface area (Å²) in [5.74, 6) is -0.910. The van der Waals surface area contributed by atoms with Gasteiger partial charge >= 0.3 is 0 Å². The van der Waals surface area contributed by atoms with Gasteiger partial charge in [-0.1, -0.05) is 68.8 Å². The molecule has 5 aromatic rings. The van der Waals surface area contributed by atoms with Gasteiger partial charge < -0.3 is 30.9 Å². The molecule has 65 heavy (non-hydrogen) atoms. The van der Waals surface area contributed by atoms with Crippen LogP contribution in [0.4, 0.5) is 15.3 Å². The molecule has 344 valence electrons. The lowest BCUT2D eigenvalue weighted by Crippen LogP contribution is -2.57. The standard InChI is InChI=1S/C48H56ClFN8O5S2/c1-30-41(65-29-54-30)32-17-15-31(16-18-32)28-53-43(60)36-11-8-25-58(36)44(61)42(47(2,3)4)57-39(59)14-7-23-51-45(62)48(27-33-9-5-13-38(55-33)56-46-52-24-26-64-46)21-19-34(20-22-48)63-37-12-6-10-35(49)40(37)50/h5-6,9-10,12-13,15-18,24,26,29,34,36,42H,7-8,11,14,19-23,25,27-28H2,1-4H3,(H,51,62)(H,53,60)(H,57,59)(H,52,55,56)/t34?,36-,42+,48?/m0/s1. The van der Waals surface area contributed by atoms with Gasteiger partial charge in [-0.25, -0.2) is 19.3 Å². The molecular formula is C48H56ClFN8O5S2. The van der Waals surface area contributed by atoms with E-state index in [1.165, 1.54) is 17.4 Å². The number of aromatic nitrogens is 3. The Kier molecular flexibility index (Phi) is 15.5. The number of halogens is 2. The molecule has 1 aliphatic carbocycles. The molecule has 0 unspecified atom stereocenters. The first-order chi connectivity index (χ1) is 31.2. The topological polar surface area (TPSA) is 168 Å². The smallest absolute Gasteiger partial charge is 0.246 e. The van der Waals surface area contributed by atoms with Gasteiger partial charge in [-0.3, -0.25) is 19.2 Å². The average molecular weight is 944 g/mol. The van der Waals surface area contributed by atoms with Crippen LogP contribution in [0, 0.1) is 23.6 Å². The second kappa shape index (κ2) is 21.2. The number of likely N-dealkylation sites (tertiary alicyclic amines) is 1. The quantitative estimate of drug-likeness (QED) is 0.0667. The number of carbonyl (C=O) groups is 4. The Morgan fingerprint density at radius 1 is 0.985 bits per heavy atom. The Morgan fingerprint density at radius 3 is 2.46 bits per heavy atom. The van der Waals surface area contributed by atoms with E-state index in [1.54, 1.807) is 34.6 Å². The normalized spacial score (nSPS) is 19.0. The fourth-order valence-corrected chi connectivity index (χ4v) is 10.1. The van der Waals surface area contributed by atoms with Crippen LogP contribution in [-0.2, 0) is 32.1 Å². The minimum atomic E-state index is -0.866. The fraction of sp³-hybridized carbons (Fsp3) is 0.438. The number of ether oxygens (including phenoxy) is 1. The average Bonchev–Trinajstić information content (AvgIpc) is 4.09. The molecule has 1 saturated carbocycles. The van der Waals surface area contributed by atoms with Crippen LogP contribution in [0.1, 0.15) is 89.1 Å². The highest BCUT2D eigenvalue weighted by Gasteiger charge is 2.44. The molecule has 2 fully saturated rings. The minimum absolute atomic E-state index is 0.0179. The maximum atomic E-state index is 14.7. The van der Waals surface area contributed by atoms with E-state index in [1.807, 2.05) is 81.1 Å². The van der Waals surface area contributed by atoms with Gasteiger partial charge in [-0.05, 0) is 92.7 Å². The molecule has 1 aliphatic heterocycles. The Balaban J connectivity index is 0.932. The summed E-state index contributed by atoms with van der Waals surface area (Å²) in [6.45, 7) is 8.63. The van der Waals surface area contributed by atoms with Crippen LogP contribution < -0.4 is 26.0 Å². The van der Waals surface area contributed by atoms with E-state index in [0.29, 0.717) is 75.4 Å². The molecule has 0 radical (unpaired) electrons. The van der Waals surface area contributed by atoms with Crippen LogP contribution in [0.15, 0.2) is 77.8 Å². The summed E-state index contributed by atoms with van der Waals surface area (Å²) >= 11 is 9.05. The Labute approximate surface area is 392 Å². The zero-order chi connectivity index (χ0) is 46.1. The van der Waals surface area contributed by atoms with Crippen molar-refractivity contribution in [2.24, 2.45) is 10.8 Å². The molecule has 4 amide bonds. The van der Waals surface area contributed by atoms with Crippen molar-refractivity contribution >= 4 is 68.9 Å². The van der Waals surface area contributed by atoms with Crippen LogP contribution in [0.25, 0.3) is 10.4 Å². The van der Waals surface area contributed by atoms with E-state index in [0.717, 1.165) is 27.4 Å². The molecule has 13 nitrogen and oxygen atoms in total. The first-order valence-corrected chi connectivity index (χ1v) is 24.2. The Bertz CT molecular complexity index is 2440. The molecule has 17 heteroatoms. The second-order valence-electron chi connectivity index (χ2n) is 17.9. The third-order valence-electron chi connectivity index (χ3n) is 12.1. The van der Waals surface area contributed by atoms with Crippen molar-refractivity contribution in [2.75, 3.05) is 18.4 Å². The number of carbonyl (C=O) groups excluding carboxylic acids is 4. The van der Waals surface area contributed by atoms with Gasteiger partial charge in [0.25, 0.3) is 0 Å². The number of rotatable bonds is 17. The number of pyridine rings is 1. The number of hydrogen-bond acceptors (Lipinski definition) is 11. The number of thiazole rings is 2. The lowest BCUT2D eigenvalue weighted by molar-refractivity contribution is -0.144. The van der Waals surface area contributed by atoms with E-state index in [4.69, 9.17) is 21.3 Å². The number of nitrogens with one attached hydrogen (secondary N) is 4. The van der Waals surface area contributed by atoms with Gasteiger partial charge in [0.2, 0.25) is 23.6 Å². The summed E-state index contributed by atoms with van der Waals surface area (Å²) in [5.41, 5.74) is 4.07. The number of aryl methyl sites for hydroxylation is 1. The molecule has 7 rings (SSSR count). The second-order valence-corrected chi connectivity index (χ2v) is 20.1. The van der Waals surface area contributed by atoms with E-state index in [-0.39, 0.29) is 53.5 Å². The molecule has 4 N–H and O–H groups in total. The first-order valence-electron chi connectivity index (χ1n) is 22.1. The molecule has 3 aromatic heterocycles. The van der Waals surface area contributed by atoms with E-state index >= 15 is 0 Å². The molecule has 2 aromatic carbocycles. The van der Waals surface area contributed by atoms with Crippen molar-refractivity contribution in [1.82, 2.24) is 35.8 Å². The van der Waals surface area contributed by atoms with Crippen LogP contribution in [-0.4, -0.2) is 74.8 Å². The van der Waals surface area contributed by atoms with E-state index in [9.17, 15) is 23.6 Å². The molecule has 0 spiro atoms. The minimum Gasteiger partial charge on any atom is -0.487 e. The zero-order valence-corrected chi connectivity index (χ0v) is 39.5. The van der Waals surface area contributed by atoms with Gasteiger partial charge in [-0.15, -0.1) is 22.7 Å². The third kappa shape index (κ3) is 12.1. The SMILES string of the molecule is Cc1ncsc1-c1ccc(CNC(=O)[C@@H]2CCCN2C(=O)[C@@H](NC(=O)CCCNC(=O)C2(Cc3cccc(Nc4nccs4)n3)CCC(Oc3cccc(Cl)c3F)CC2)C(C)(C)C)cc1. The van der Waals surface area contributed by atoms with Gasteiger partial charge in [0, 0.05) is 49.7 Å². The van der Waals surface area contributed by atoms with Crippen molar-refractivity contribution in [1.29, 1.82) is 0 Å². The lowest BCUT2D eigenvalue weighted by Gasteiger charge is -2.39. The number of benzene rings is 2. The summed E-state index contributed by atoms with van der Waals surface area (Å²) < 4.78 is 20.8. The van der Waals surface area contributed by atoms with E-state index < -0.39 is 28.7 Å². The largest absolute Gasteiger partial charge is 0.487 e. The maximum Gasteiger partial charge on any atom is 0.246 e. The number of hydrogen-bond donors (Lipinski definition) is 4. The van der Waals surface area contributed by atoms with Gasteiger partial charge in [0.15, 0.2) is 16.7 Å². The molecule has 2 aliphatic rings. The van der Waals surface area contributed by atoms with Crippen LogP contribution >= 0.6 is 34.3 Å². The van der Waals surface area contributed by atoms with Crippen molar-refractivity contribution in [3.05, 3.63) is 106 Å². The summed E-state index contributed by atoms with van der Waals surface area (Å²) in [6.07, 6.45) is 5.30. The number of anilines is 2. The van der Waals surface area contributed by atoms with Crippen LogP contribution in [0.3, 0.4) is 0 Å². The van der Waals surface area contributed by atoms with Crippen molar-refractivity contribution < 1.29 is 28.3 Å². The van der Waals surface area contributed by atoms with Gasteiger partial charge in [0.1, 0.15) is 17.9 Å². The summed E-state index contributed by atoms with van der Waals surface area (Å²) in [7, 11) is 0.